The zero-order valence-corrected chi connectivity index (χ0v) is 13.8. The molecule has 0 aromatic heterocycles. The fourth-order valence-electron chi connectivity index (χ4n) is 2.19. The van der Waals surface area contributed by atoms with Crippen LogP contribution in [0.1, 0.15) is 25.3 Å². The molecule has 0 aliphatic rings. The molecule has 1 N–H and O–H groups in total. The molecule has 0 fully saturated rings. The van der Waals surface area contributed by atoms with Gasteiger partial charge in [-0.05, 0) is 42.6 Å². The van der Waals surface area contributed by atoms with Crippen molar-refractivity contribution in [3.8, 4) is 0 Å². The van der Waals surface area contributed by atoms with Gasteiger partial charge in [-0.2, -0.15) is 0 Å². The van der Waals surface area contributed by atoms with Crippen molar-refractivity contribution >= 4 is 21.9 Å². The van der Waals surface area contributed by atoms with Crippen LogP contribution in [0.5, 0.6) is 0 Å². The van der Waals surface area contributed by atoms with Crippen LogP contribution in [0, 0.1) is 0 Å². The van der Waals surface area contributed by atoms with Crippen LogP contribution < -0.4 is 5.32 Å². The van der Waals surface area contributed by atoms with Gasteiger partial charge in [0.05, 0.1) is 7.11 Å². The summed E-state index contributed by atoms with van der Waals surface area (Å²) in [5, 5.41) is 6.74. The summed E-state index contributed by atoms with van der Waals surface area (Å²) >= 11 is 3.42. The second kappa shape index (κ2) is 8.67. The van der Waals surface area contributed by atoms with E-state index in [2.05, 4.69) is 31.3 Å². The van der Waals surface area contributed by atoms with Crippen molar-refractivity contribution in [2.75, 3.05) is 20.2 Å². The first-order valence-corrected chi connectivity index (χ1v) is 7.50. The Morgan fingerprint density at radius 3 is 2.90 bits per heavy atom. The van der Waals surface area contributed by atoms with E-state index in [9.17, 15) is 4.79 Å². The van der Waals surface area contributed by atoms with Crippen LogP contribution in [0.25, 0.3) is 10.4 Å². The van der Waals surface area contributed by atoms with E-state index in [0.29, 0.717) is 25.9 Å². The Hall–Kier alpha value is -1.56. The molecule has 0 heterocycles. The second-order valence-corrected chi connectivity index (χ2v) is 5.41. The van der Waals surface area contributed by atoms with Gasteiger partial charge in [-0.25, -0.2) is 4.79 Å². The minimum Gasteiger partial charge on any atom is -0.467 e. The molecule has 0 spiro atoms. The lowest BCUT2D eigenvalue weighted by atomic mass is 9.87. The van der Waals surface area contributed by atoms with E-state index in [1.54, 1.807) is 0 Å². The third-order valence-corrected chi connectivity index (χ3v) is 3.80. The van der Waals surface area contributed by atoms with Crippen molar-refractivity contribution in [2.45, 2.75) is 25.3 Å². The molecule has 21 heavy (non-hydrogen) atoms. The van der Waals surface area contributed by atoms with Crippen molar-refractivity contribution in [2.24, 2.45) is 5.11 Å². The summed E-state index contributed by atoms with van der Waals surface area (Å²) in [4.78, 5) is 15.0. The second-order valence-electron chi connectivity index (χ2n) is 4.50. The molecule has 6 nitrogen and oxygen atoms in total. The van der Waals surface area contributed by atoms with Crippen molar-refractivity contribution in [3.05, 3.63) is 44.7 Å². The average Bonchev–Trinajstić information content (AvgIpc) is 2.50. The molecule has 0 aliphatic heterocycles. The first-order valence-electron chi connectivity index (χ1n) is 6.71. The fourth-order valence-corrected chi connectivity index (χ4v) is 2.59. The molecule has 0 saturated carbocycles. The number of methoxy groups -OCH3 is 1. The predicted octanol–water partition coefficient (Wildman–Crippen LogP) is 3.52. The Morgan fingerprint density at radius 2 is 2.33 bits per heavy atom. The summed E-state index contributed by atoms with van der Waals surface area (Å²) in [6.45, 7) is 2.87. The molecule has 1 atom stereocenters. The lowest BCUT2D eigenvalue weighted by Gasteiger charge is -2.31. The van der Waals surface area contributed by atoms with Gasteiger partial charge in [0.1, 0.15) is 5.54 Å². The third-order valence-electron chi connectivity index (χ3n) is 3.31. The van der Waals surface area contributed by atoms with Crippen LogP contribution >= 0.6 is 15.9 Å². The fraction of sp³-hybridized carbons (Fsp3) is 0.500. The van der Waals surface area contributed by atoms with Crippen molar-refractivity contribution in [1.29, 1.82) is 0 Å². The van der Waals surface area contributed by atoms with Gasteiger partial charge in [0.2, 0.25) is 0 Å². The summed E-state index contributed by atoms with van der Waals surface area (Å²) in [5.74, 6) is -0.327. The third kappa shape index (κ3) is 4.46. The summed E-state index contributed by atoms with van der Waals surface area (Å²) in [6.07, 6.45) is 1.20. The highest BCUT2D eigenvalue weighted by molar-refractivity contribution is 9.10. The van der Waals surface area contributed by atoms with Crippen LogP contribution in [0.15, 0.2) is 33.9 Å². The maximum Gasteiger partial charge on any atom is 0.330 e. The van der Waals surface area contributed by atoms with Gasteiger partial charge < -0.3 is 4.74 Å². The maximum absolute atomic E-state index is 12.3. The number of azide groups is 1. The number of carbonyl (C=O) groups excluding carboxylic acids is 1. The number of hydrogen-bond donors (Lipinski definition) is 1. The number of rotatable bonds is 8. The van der Waals surface area contributed by atoms with Gasteiger partial charge >= 0.3 is 5.97 Å². The molecule has 0 radical (unpaired) electrons. The molecule has 0 bridgehead atoms. The maximum atomic E-state index is 12.3. The Kier molecular flexibility index (Phi) is 7.22. The molecule has 7 heteroatoms. The SMILES string of the molecule is CCC(NCCCN=[N+]=[N-])(C(=O)OC)c1cccc(Br)c1. The number of hydrogen-bond acceptors (Lipinski definition) is 4. The zero-order valence-electron chi connectivity index (χ0n) is 12.2. The van der Waals surface area contributed by atoms with Crippen LogP contribution in [0.2, 0.25) is 0 Å². The van der Waals surface area contributed by atoms with Gasteiger partial charge in [0.25, 0.3) is 0 Å². The molecule has 1 aromatic carbocycles. The number of esters is 1. The van der Waals surface area contributed by atoms with Crippen LogP contribution in [0.4, 0.5) is 0 Å². The largest absolute Gasteiger partial charge is 0.467 e. The number of ether oxygens (including phenoxy) is 1. The normalized spacial score (nSPS) is 13.1. The summed E-state index contributed by atoms with van der Waals surface area (Å²) in [5.41, 5.74) is 8.21. The molecule has 0 saturated heterocycles. The summed E-state index contributed by atoms with van der Waals surface area (Å²) in [6, 6.07) is 7.59. The highest BCUT2D eigenvalue weighted by Crippen LogP contribution is 2.28. The Bertz CT molecular complexity index is 531. The molecule has 1 unspecified atom stereocenters. The van der Waals surface area contributed by atoms with Crippen LogP contribution in [-0.2, 0) is 15.1 Å². The van der Waals surface area contributed by atoms with E-state index >= 15 is 0 Å². The van der Waals surface area contributed by atoms with Gasteiger partial charge in [-0.15, -0.1) is 0 Å². The smallest absolute Gasteiger partial charge is 0.330 e. The number of benzene rings is 1. The monoisotopic (exact) mass is 354 g/mol. The van der Waals surface area contributed by atoms with Crippen LogP contribution in [0.3, 0.4) is 0 Å². The van der Waals surface area contributed by atoms with E-state index in [0.717, 1.165) is 10.0 Å². The summed E-state index contributed by atoms with van der Waals surface area (Å²) < 4.78 is 5.88. The quantitative estimate of drug-likeness (QED) is 0.254. The number of halogens is 1. The number of nitrogens with one attached hydrogen (secondary N) is 1. The van der Waals surface area contributed by atoms with Gasteiger partial charge in [0.15, 0.2) is 0 Å². The first-order chi connectivity index (χ1) is 10.1. The lowest BCUT2D eigenvalue weighted by molar-refractivity contribution is -0.149. The zero-order chi connectivity index (χ0) is 15.7. The van der Waals surface area contributed by atoms with Gasteiger partial charge in [0, 0.05) is 15.9 Å². The van der Waals surface area contributed by atoms with E-state index in [-0.39, 0.29) is 5.97 Å². The van der Waals surface area contributed by atoms with Crippen molar-refractivity contribution in [1.82, 2.24) is 5.32 Å². The van der Waals surface area contributed by atoms with E-state index in [1.165, 1.54) is 7.11 Å². The van der Waals surface area contributed by atoms with Gasteiger partial charge in [-0.1, -0.05) is 40.1 Å². The van der Waals surface area contributed by atoms with Crippen molar-refractivity contribution in [3.63, 3.8) is 0 Å². The molecule has 0 aliphatic carbocycles. The lowest BCUT2D eigenvalue weighted by Crippen LogP contribution is -2.50. The molecule has 1 rings (SSSR count). The molecular weight excluding hydrogens is 336 g/mol. The number of carbonyl (C=O) groups is 1. The predicted molar refractivity (Wildman–Crippen MR) is 84.8 cm³/mol. The molecule has 1 aromatic rings. The molecule has 114 valence electrons. The Balaban J connectivity index is 2.99. The Morgan fingerprint density at radius 1 is 1.57 bits per heavy atom. The van der Waals surface area contributed by atoms with E-state index < -0.39 is 5.54 Å². The Labute approximate surface area is 132 Å². The minimum atomic E-state index is -0.894. The highest BCUT2D eigenvalue weighted by Gasteiger charge is 2.39. The first kappa shape index (κ1) is 17.5. The van der Waals surface area contributed by atoms with Crippen LogP contribution in [-0.4, -0.2) is 26.2 Å². The molecule has 0 amide bonds. The highest BCUT2D eigenvalue weighted by atomic mass is 79.9. The average molecular weight is 355 g/mol. The van der Waals surface area contributed by atoms with E-state index in [1.807, 2.05) is 31.2 Å². The summed E-state index contributed by atoms with van der Waals surface area (Å²) in [7, 11) is 1.38. The van der Waals surface area contributed by atoms with Gasteiger partial charge in [-0.3, -0.25) is 5.32 Å². The molecular formula is C14H19BrN4O2. The number of nitrogens with zero attached hydrogens (tertiary/aromatic N) is 3. The minimum absolute atomic E-state index is 0.327. The van der Waals surface area contributed by atoms with Crippen molar-refractivity contribution < 1.29 is 9.53 Å². The standard InChI is InChI=1S/C14H19BrN4O2/c1-3-14(13(20)21-2,17-8-5-9-18-19-16)11-6-4-7-12(15)10-11/h4,6-7,10,17H,3,5,8-9H2,1-2H3. The topological polar surface area (TPSA) is 87.1 Å². The van der Waals surface area contributed by atoms with E-state index in [4.69, 9.17) is 10.3 Å².